The molecule has 0 aliphatic rings. The second kappa shape index (κ2) is 4.99. The second-order valence-corrected chi connectivity index (χ2v) is 5.07. The first-order valence-electron chi connectivity index (χ1n) is 4.17. The van der Waals surface area contributed by atoms with Crippen LogP contribution in [0.4, 0.5) is 11.4 Å². The van der Waals surface area contributed by atoms with Crippen LogP contribution in [0, 0.1) is 21.4 Å². The summed E-state index contributed by atoms with van der Waals surface area (Å²) in [4.78, 5) is 9.81. The van der Waals surface area contributed by atoms with Gasteiger partial charge in [-0.15, -0.1) is 0 Å². The van der Waals surface area contributed by atoms with E-state index in [1.165, 1.54) is 12.1 Å². The SMILES string of the molecule is N#CCS(=O)(=O)Nc1cc([N+](=O)[O-])ccc1Cl. The van der Waals surface area contributed by atoms with Crippen molar-refractivity contribution < 1.29 is 13.3 Å². The van der Waals surface area contributed by atoms with Crippen molar-refractivity contribution in [2.75, 3.05) is 10.5 Å². The highest BCUT2D eigenvalue weighted by Crippen LogP contribution is 2.27. The molecule has 0 fully saturated rings. The summed E-state index contributed by atoms with van der Waals surface area (Å²) in [6.07, 6.45) is 0. The van der Waals surface area contributed by atoms with Crippen LogP contribution in [0.15, 0.2) is 18.2 Å². The largest absolute Gasteiger partial charge is 0.281 e. The molecule has 90 valence electrons. The van der Waals surface area contributed by atoms with Crippen LogP contribution in [0.3, 0.4) is 0 Å². The lowest BCUT2D eigenvalue weighted by atomic mass is 10.3. The fraction of sp³-hybridized carbons (Fsp3) is 0.125. The van der Waals surface area contributed by atoms with Crippen LogP contribution in [0.5, 0.6) is 0 Å². The van der Waals surface area contributed by atoms with Crippen molar-refractivity contribution in [2.24, 2.45) is 0 Å². The molecule has 9 heteroatoms. The van der Waals surface area contributed by atoms with E-state index in [9.17, 15) is 18.5 Å². The van der Waals surface area contributed by atoms with Crippen molar-refractivity contribution in [1.82, 2.24) is 0 Å². The number of non-ortho nitro benzene ring substituents is 1. The summed E-state index contributed by atoms with van der Waals surface area (Å²) in [5, 5.41) is 18.8. The topological polar surface area (TPSA) is 113 Å². The number of nitro groups is 1. The van der Waals surface area contributed by atoms with E-state index < -0.39 is 20.7 Å². The summed E-state index contributed by atoms with van der Waals surface area (Å²) in [5.41, 5.74) is -0.430. The standard InChI is InChI=1S/C8H6ClN3O4S/c9-7-2-1-6(12(13)14)5-8(7)11-17(15,16)4-3-10/h1-2,5,11H,4H2. The van der Waals surface area contributed by atoms with Crippen LogP contribution in [0.25, 0.3) is 0 Å². The predicted molar refractivity (Wildman–Crippen MR) is 61.1 cm³/mol. The molecule has 0 aliphatic carbocycles. The summed E-state index contributed by atoms with van der Waals surface area (Å²) in [6.45, 7) is 0. The van der Waals surface area contributed by atoms with E-state index in [0.717, 1.165) is 12.1 Å². The molecule has 0 aliphatic heterocycles. The minimum atomic E-state index is -3.87. The number of hydrogen-bond donors (Lipinski definition) is 1. The van der Waals surface area contributed by atoms with E-state index in [2.05, 4.69) is 0 Å². The van der Waals surface area contributed by atoms with Gasteiger partial charge in [0.25, 0.3) is 5.69 Å². The molecule has 17 heavy (non-hydrogen) atoms. The molecule has 7 nitrogen and oxygen atoms in total. The molecule has 1 rings (SSSR count). The molecule has 0 saturated heterocycles. The Morgan fingerprint density at radius 3 is 2.71 bits per heavy atom. The lowest BCUT2D eigenvalue weighted by molar-refractivity contribution is -0.384. The van der Waals surface area contributed by atoms with Crippen LogP contribution in [0.2, 0.25) is 5.02 Å². The molecule has 0 amide bonds. The number of nitriles is 1. The highest BCUT2D eigenvalue weighted by molar-refractivity contribution is 7.92. The van der Waals surface area contributed by atoms with E-state index in [4.69, 9.17) is 16.9 Å². The zero-order valence-electron chi connectivity index (χ0n) is 8.25. The first kappa shape index (κ1) is 13.2. The average Bonchev–Trinajstić information content (AvgIpc) is 2.20. The number of halogens is 1. The van der Waals surface area contributed by atoms with Gasteiger partial charge in [-0.25, -0.2) is 8.42 Å². The van der Waals surface area contributed by atoms with Crippen LogP contribution in [-0.4, -0.2) is 19.1 Å². The molecule has 0 saturated carbocycles. The normalized spacial score (nSPS) is 10.6. The molecule has 0 unspecified atom stereocenters. The van der Waals surface area contributed by atoms with Gasteiger partial charge in [0.2, 0.25) is 10.0 Å². The maximum absolute atomic E-state index is 11.3. The van der Waals surface area contributed by atoms with E-state index in [0.29, 0.717) is 0 Å². The van der Waals surface area contributed by atoms with Crippen molar-refractivity contribution in [2.45, 2.75) is 0 Å². The Hall–Kier alpha value is -1.85. The average molecular weight is 276 g/mol. The Morgan fingerprint density at radius 1 is 1.53 bits per heavy atom. The van der Waals surface area contributed by atoms with Crippen molar-refractivity contribution in [3.8, 4) is 6.07 Å². The smallest absolute Gasteiger partial charge is 0.271 e. The Bertz CT molecular complexity index is 593. The number of nitrogens with zero attached hydrogens (tertiary/aromatic N) is 2. The molecule has 0 spiro atoms. The number of sulfonamides is 1. The number of nitro benzene ring substituents is 1. The highest BCUT2D eigenvalue weighted by Gasteiger charge is 2.15. The maximum atomic E-state index is 11.3. The zero-order valence-corrected chi connectivity index (χ0v) is 9.83. The summed E-state index contributed by atoms with van der Waals surface area (Å²) in [6, 6.07) is 4.78. The van der Waals surface area contributed by atoms with E-state index in [1.54, 1.807) is 0 Å². The lowest BCUT2D eigenvalue weighted by Crippen LogP contribution is -2.15. The minimum Gasteiger partial charge on any atom is -0.281 e. The number of benzene rings is 1. The number of rotatable bonds is 4. The molecule has 1 aromatic carbocycles. The summed E-state index contributed by atoms with van der Waals surface area (Å²) >= 11 is 5.67. The van der Waals surface area contributed by atoms with Gasteiger partial charge >= 0.3 is 0 Å². The minimum absolute atomic E-state index is 0.0112. The molecular formula is C8H6ClN3O4S. The Balaban J connectivity index is 3.11. The van der Waals surface area contributed by atoms with Gasteiger partial charge < -0.3 is 0 Å². The Labute approximate surface area is 102 Å². The molecule has 1 N–H and O–H groups in total. The third-order valence-corrected chi connectivity index (χ3v) is 3.05. The third-order valence-electron chi connectivity index (χ3n) is 1.68. The van der Waals surface area contributed by atoms with Gasteiger partial charge in [0.15, 0.2) is 5.75 Å². The Morgan fingerprint density at radius 2 is 2.18 bits per heavy atom. The van der Waals surface area contributed by atoms with Gasteiger partial charge in [-0.1, -0.05) is 11.6 Å². The number of hydrogen-bond acceptors (Lipinski definition) is 5. The van der Waals surface area contributed by atoms with E-state index in [-0.39, 0.29) is 16.4 Å². The van der Waals surface area contributed by atoms with Gasteiger partial charge in [-0.3, -0.25) is 14.8 Å². The predicted octanol–water partition coefficient (Wildman–Crippen LogP) is 1.51. The van der Waals surface area contributed by atoms with Crippen molar-refractivity contribution >= 4 is 33.0 Å². The molecule has 0 radical (unpaired) electrons. The second-order valence-electron chi connectivity index (χ2n) is 2.94. The number of anilines is 1. The molecule has 0 aromatic heterocycles. The molecule has 0 heterocycles. The molecule has 0 bridgehead atoms. The van der Waals surface area contributed by atoms with Gasteiger partial charge in [0.05, 0.1) is 21.7 Å². The van der Waals surface area contributed by atoms with Gasteiger partial charge in [0, 0.05) is 12.1 Å². The summed E-state index contributed by atoms with van der Waals surface area (Å²) < 4.78 is 24.5. The van der Waals surface area contributed by atoms with Gasteiger partial charge in [0.1, 0.15) is 0 Å². The maximum Gasteiger partial charge on any atom is 0.271 e. The van der Waals surface area contributed by atoms with E-state index >= 15 is 0 Å². The first-order valence-corrected chi connectivity index (χ1v) is 6.20. The van der Waals surface area contributed by atoms with Crippen molar-refractivity contribution in [3.63, 3.8) is 0 Å². The Kier molecular flexibility index (Phi) is 3.88. The lowest BCUT2D eigenvalue weighted by Gasteiger charge is -2.06. The van der Waals surface area contributed by atoms with Crippen molar-refractivity contribution in [3.05, 3.63) is 33.3 Å². The molecular weight excluding hydrogens is 270 g/mol. The van der Waals surface area contributed by atoms with Crippen molar-refractivity contribution in [1.29, 1.82) is 5.26 Å². The zero-order chi connectivity index (χ0) is 13.1. The number of nitrogens with one attached hydrogen (secondary N) is 1. The molecule has 0 atom stereocenters. The van der Waals surface area contributed by atoms with Crippen LogP contribution >= 0.6 is 11.6 Å². The van der Waals surface area contributed by atoms with E-state index in [1.807, 2.05) is 4.72 Å². The van der Waals surface area contributed by atoms with Crippen LogP contribution in [-0.2, 0) is 10.0 Å². The van der Waals surface area contributed by atoms with Crippen LogP contribution < -0.4 is 4.72 Å². The monoisotopic (exact) mass is 275 g/mol. The van der Waals surface area contributed by atoms with Gasteiger partial charge in [-0.05, 0) is 6.07 Å². The fourth-order valence-corrected chi connectivity index (χ4v) is 1.96. The van der Waals surface area contributed by atoms with Gasteiger partial charge in [-0.2, -0.15) is 5.26 Å². The first-order chi connectivity index (χ1) is 7.85. The summed E-state index contributed by atoms with van der Waals surface area (Å²) in [5.74, 6) is -0.758. The quantitative estimate of drug-likeness (QED) is 0.661. The fourth-order valence-electron chi connectivity index (χ4n) is 0.994. The molecule has 1 aromatic rings. The highest BCUT2D eigenvalue weighted by atomic mass is 35.5. The summed E-state index contributed by atoms with van der Waals surface area (Å²) in [7, 11) is -3.87. The van der Waals surface area contributed by atoms with Crippen LogP contribution in [0.1, 0.15) is 0 Å². The third kappa shape index (κ3) is 3.58.